The van der Waals surface area contributed by atoms with E-state index in [1.165, 1.54) is 0 Å². The van der Waals surface area contributed by atoms with Crippen molar-refractivity contribution in [2.45, 2.75) is 41.7 Å². The maximum Gasteiger partial charge on any atom is 1.00 e. The van der Waals surface area contributed by atoms with Gasteiger partial charge in [0.1, 0.15) is 5.97 Å². The minimum absolute atomic E-state index is 0. The topological polar surface area (TPSA) is 40.1 Å². The predicted octanol–water partition coefficient (Wildman–Crippen LogP) is 0.114. The Bertz CT molecular complexity index is 536. The quantitative estimate of drug-likeness (QED) is 0.439. The van der Waals surface area contributed by atoms with Gasteiger partial charge in [0.25, 0.3) is 0 Å². The van der Waals surface area contributed by atoms with Crippen molar-refractivity contribution in [3.05, 3.63) is 0 Å². The first kappa shape index (κ1) is 27.6. The van der Waals surface area contributed by atoms with Gasteiger partial charge in [0.05, 0.1) is 0 Å². The van der Waals surface area contributed by atoms with Gasteiger partial charge in [-0.05, 0) is 0 Å². The maximum absolute atomic E-state index is 12.8. The summed E-state index contributed by atoms with van der Waals surface area (Å²) in [6, 6.07) is 0. The molecule has 0 aromatic heterocycles. The third kappa shape index (κ3) is 3.33. The zero-order valence-electron chi connectivity index (χ0n) is 11.5. The van der Waals surface area contributed by atoms with E-state index in [0.29, 0.717) is 0 Å². The summed E-state index contributed by atoms with van der Waals surface area (Å²) in [5.74, 6) is -53.3. The number of carbonyl (C=O) groups excluding carboxylic acids is 1. The third-order valence-electron chi connectivity index (χ3n) is 2.58. The molecule has 0 atom stereocenters. The summed E-state index contributed by atoms with van der Waals surface area (Å²) in [5.41, 5.74) is 0. The maximum atomic E-state index is 12.8. The zero-order chi connectivity index (χ0) is 21.1. The Kier molecular flexibility index (Phi) is 7.22. The molecule has 18 heteroatoms. The first-order valence-corrected chi connectivity index (χ1v) is 4.99. The summed E-state index contributed by atoms with van der Waals surface area (Å²) < 4.78 is 186. The third-order valence-corrected chi connectivity index (χ3v) is 2.58. The molecule has 0 radical (unpaired) electrons. The van der Waals surface area contributed by atoms with Gasteiger partial charge in [0, 0.05) is 0 Å². The first-order valence-electron chi connectivity index (χ1n) is 4.99. The van der Waals surface area contributed by atoms with Gasteiger partial charge in [0.2, 0.25) is 0 Å². The molecule has 0 aliphatic heterocycles. The van der Waals surface area contributed by atoms with Crippen molar-refractivity contribution >= 4 is 5.97 Å². The Balaban J connectivity index is 0. The number of carboxylic acids is 1. The number of rotatable bonds is 6. The second-order valence-corrected chi connectivity index (χ2v) is 4.23. The molecule has 0 amide bonds. The van der Waals surface area contributed by atoms with Crippen LogP contribution in [-0.2, 0) is 4.79 Å². The van der Waals surface area contributed by atoms with Gasteiger partial charge in [0.15, 0.2) is 0 Å². The number of aliphatic carboxylic acids is 1. The number of carbonyl (C=O) groups is 1. The van der Waals surface area contributed by atoms with E-state index < -0.39 is 47.7 Å². The van der Waals surface area contributed by atoms with Gasteiger partial charge in [-0.3, -0.25) is 0 Å². The van der Waals surface area contributed by atoms with E-state index in [0.717, 1.165) is 0 Å². The molecule has 0 spiro atoms. The molecule has 26 heavy (non-hydrogen) atoms. The molecule has 2 nitrogen and oxygen atoms in total. The van der Waals surface area contributed by atoms with Crippen molar-refractivity contribution < 1.29 is 105 Å². The fourth-order valence-electron chi connectivity index (χ4n) is 1.09. The smallest absolute Gasteiger partial charge is 0.544 e. The van der Waals surface area contributed by atoms with Crippen LogP contribution in [0.3, 0.4) is 0 Å². The van der Waals surface area contributed by atoms with Crippen molar-refractivity contribution in [1.29, 1.82) is 0 Å². The van der Waals surface area contributed by atoms with Crippen LogP contribution in [0.4, 0.5) is 65.9 Å². The van der Waals surface area contributed by atoms with Gasteiger partial charge in [-0.1, -0.05) is 0 Å². The van der Waals surface area contributed by atoms with Gasteiger partial charge in [-0.2, -0.15) is 65.9 Å². The second kappa shape index (κ2) is 6.79. The number of hydrogen-bond donors (Lipinski definition) is 0. The molecule has 0 fully saturated rings. The van der Waals surface area contributed by atoms with Crippen molar-refractivity contribution in [2.75, 3.05) is 0 Å². The molecule has 0 unspecified atom stereocenters. The summed E-state index contributed by atoms with van der Waals surface area (Å²) in [5, 5.41) is 9.61. The van der Waals surface area contributed by atoms with Crippen LogP contribution in [-0.4, -0.2) is 47.7 Å². The molecular formula is C8F15NaO2. The minimum atomic E-state index is -8.50. The van der Waals surface area contributed by atoms with Gasteiger partial charge in [-0.25, -0.2) is 0 Å². The molecule has 0 aliphatic rings. The fourth-order valence-corrected chi connectivity index (χ4v) is 1.09. The Morgan fingerprint density at radius 2 is 0.731 bits per heavy atom. The molecule has 0 aromatic carbocycles. The fraction of sp³-hybridized carbons (Fsp3) is 0.875. The summed E-state index contributed by atoms with van der Waals surface area (Å²) >= 11 is 0. The van der Waals surface area contributed by atoms with E-state index in [2.05, 4.69) is 0 Å². The summed E-state index contributed by atoms with van der Waals surface area (Å²) in [7, 11) is 0. The number of halogens is 15. The average Bonchev–Trinajstić information content (AvgIpc) is 2.35. The number of hydrogen-bond acceptors (Lipinski definition) is 2. The standard InChI is InChI=1S/C8HF15O2.Na/c9-2(10,1(24)25)3(11,12)4(13,14)5(15,16)6(17,18)7(19,20)8(21,22)23;/h(H,24,25);/q;+1/p-1. The summed E-state index contributed by atoms with van der Waals surface area (Å²) in [6.07, 6.45) is -7.71. The van der Waals surface area contributed by atoms with E-state index in [1.807, 2.05) is 0 Å². The molecule has 0 bridgehead atoms. The predicted molar refractivity (Wildman–Crippen MR) is 40.7 cm³/mol. The molecule has 0 saturated heterocycles. The van der Waals surface area contributed by atoms with Crippen molar-refractivity contribution in [3.8, 4) is 0 Å². The van der Waals surface area contributed by atoms with E-state index in [-0.39, 0.29) is 29.6 Å². The number of carboxylic acid groups (broad SMARTS) is 1. The van der Waals surface area contributed by atoms with Crippen LogP contribution in [0.1, 0.15) is 0 Å². The summed E-state index contributed by atoms with van der Waals surface area (Å²) in [6.45, 7) is 0. The molecule has 150 valence electrons. The molecule has 0 heterocycles. The van der Waals surface area contributed by atoms with Crippen LogP contribution < -0.4 is 34.7 Å². The van der Waals surface area contributed by atoms with Crippen molar-refractivity contribution in [3.63, 3.8) is 0 Å². The molecule has 0 saturated carbocycles. The van der Waals surface area contributed by atoms with Crippen LogP contribution in [0.25, 0.3) is 0 Å². The number of alkyl halides is 15. The molecule has 0 N–H and O–H groups in total. The minimum Gasteiger partial charge on any atom is -0.544 e. The van der Waals surface area contributed by atoms with Crippen LogP contribution >= 0.6 is 0 Å². The Morgan fingerprint density at radius 1 is 0.500 bits per heavy atom. The Morgan fingerprint density at radius 3 is 0.962 bits per heavy atom. The van der Waals surface area contributed by atoms with E-state index in [1.54, 1.807) is 0 Å². The largest absolute Gasteiger partial charge is 1.00 e. The normalized spacial score (nSPS) is 15.5. The van der Waals surface area contributed by atoms with Crippen molar-refractivity contribution in [2.24, 2.45) is 0 Å². The molecular weight excluding hydrogens is 436 g/mol. The SMILES string of the molecule is O=C([O-])C(F)(F)C(F)(F)C(F)(F)C(F)(F)C(F)(F)C(F)(F)C(F)(F)F.[Na+]. The zero-order valence-corrected chi connectivity index (χ0v) is 13.5. The van der Waals surface area contributed by atoms with Crippen molar-refractivity contribution in [1.82, 2.24) is 0 Å². The van der Waals surface area contributed by atoms with Crippen LogP contribution in [0.15, 0.2) is 0 Å². The summed E-state index contributed by atoms with van der Waals surface area (Å²) in [4.78, 5) is 9.61. The van der Waals surface area contributed by atoms with Crippen LogP contribution in [0.2, 0.25) is 0 Å². The van der Waals surface area contributed by atoms with Gasteiger partial charge in [-0.15, -0.1) is 0 Å². The second-order valence-electron chi connectivity index (χ2n) is 4.23. The molecule has 0 aliphatic carbocycles. The monoisotopic (exact) mass is 436 g/mol. The van der Waals surface area contributed by atoms with Gasteiger partial charge >= 0.3 is 71.3 Å². The first-order chi connectivity index (χ1) is 10.4. The van der Waals surface area contributed by atoms with E-state index in [4.69, 9.17) is 0 Å². The Hall–Kier alpha value is -0.580. The molecule has 0 rings (SSSR count). The Labute approximate surface area is 153 Å². The van der Waals surface area contributed by atoms with E-state index in [9.17, 15) is 75.8 Å². The molecule has 0 aromatic rings. The van der Waals surface area contributed by atoms with Gasteiger partial charge < -0.3 is 9.90 Å². The van der Waals surface area contributed by atoms with E-state index >= 15 is 0 Å². The van der Waals surface area contributed by atoms with Crippen LogP contribution in [0, 0.1) is 0 Å². The average molecular weight is 436 g/mol. The van der Waals surface area contributed by atoms with Crippen LogP contribution in [0.5, 0.6) is 0 Å².